The number of benzene rings is 2. The number of fused-ring (bicyclic) bond motifs is 1. The highest BCUT2D eigenvalue weighted by molar-refractivity contribution is 7.22. The number of hydrogen-bond donors (Lipinski definition) is 1. The van der Waals surface area contributed by atoms with E-state index in [4.69, 9.17) is 16.3 Å². The maximum absolute atomic E-state index is 13.7. The molecular weight excluding hydrogens is 494 g/mol. The number of carbonyl (C=O) groups is 2. The van der Waals surface area contributed by atoms with Crippen molar-refractivity contribution in [3.8, 4) is 5.75 Å². The van der Waals surface area contributed by atoms with Gasteiger partial charge < -0.3 is 9.84 Å². The number of aromatic nitrogens is 2. The van der Waals surface area contributed by atoms with E-state index >= 15 is 0 Å². The van der Waals surface area contributed by atoms with Crippen LogP contribution in [0.3, 0.4) is 0 Å². The number of hydrogen-bond acceptors (Lipinski definition) is 8. The van der Waals surface area contributed by atoms with E-state index in [9.17, 15) is 14.7 Å². The number of methoxy groups -OCH3 is 1. The van der Waals surface area contributed by atoms with Gasteiger partial charge >= 0.3 is 0 Å². The van der Waals surface area contributed by atoms with Crippen molar-refractivity contribution in [3.05, 3.63) is 80.0 Å². The average molecular weight is 512 g/mol. The van der Waals surface area contributed by atoms with E-state index in [1.807, 2.05) is 6.07 Å². The highest BCUT2D eigenvalue weighted by Gasteiger charge is 2.47. The fourth-order valence-corrected chi connectivity index (χ4v) is 6.15. The van der Waals surface area contributed by atoms with Gasteiger partial charge in [0.15, 0.2) is 10.9 Å². The molecule has 1 amide bonds. The summed E-state index contributed by atoms with van der Waals surface area (Å²) in [6.07, 6.45) is 0. The fraction of sp³-hybridized carbons (Fsp3) is 0.167. The number of aliphatic hydroxyl groups is 1. The van der Waals surface area contributed by atoms with E-state index in [-0.39, 0.29) is 5.57 Å². The molecule has 1 aliphatic heterocycles. The highest BCUT2D eigenvalue weighted by Crippen LogP contribution is 2.46. The Kier molecular flexibility index (Phi) is 5.63. The van der Waals surface area contributed by atoms with Gasteiger partial charge in [0.1, 0.15) is 5.75 Å². The molecule has 1 unspecified atom stereocenters. The summed E-state index contributed by atoms with van der Waals surface area (Å²) in [5, 5.41) is 12.4. The van der Waals surface area contributed by atoms with Crippen molar-refractivity contribution in [2.75, 3.05) is 12.0 Å². The Balaban J connectivity index is 1.70. The number of anilines is 1. The molecule has 0 saturated carbocycles. The first-order valence-electron chi connectivity index (χ1n) is 10.2. The largest absolute Gasteiger partial charge is 0.503 e. The summed E-state index contributed by atoms with van der Waals surface area (Å²) < 4.78 is 6.09. The Morgan fingerprint density at radius 3 is 2.59 bits per heavy atom. The minimum atomic E-state index is -0.946. The molecule has 1 N–H and O–H groups in total. The monoisotopic (exact) mass is 511 g/mol. The summed E-state index contributed by atoms with van der Waals surface area (Å²) in [5.74, 6) is -1.12. The maximum Gasteiger partial charge on any atom is 0.296 e. The van der Waals surface area contributed by atoms with Crippen molar-refractivity contribution in [1.29, 1.82) is 0 Å². The Bertz CT molecular complexity index is 1510. The molecular formula is C24H18ClN3O4S2. The van der Waals surface area contributed by atoms with Crippen molar-refractivity contribution in [3.63, 3.8) is 0 Å². The molecule has 5 rings (SSSR count). The third-order valence-corrected chi connectivity index (χ3v) is 7.99. The quantitative estimate of drug-likeness (QED) is 0.340. The minimum absolute atomic E-state index is 0.0401. The van der Waals surface area contributed by atoms with Crippen LogP contribution in [-0.2, 0) is 4.79 Å². The van der Waals surface area contributed by atoms with E-state index < -0.39 is 23.5 Å². The van der Waals surface area contributed by atoms with Gasteiger partial charge in [0.25, 0.3) is 5.91 Å². The molecule has 10 heteroatoms. The summed E-state index contributed by atoms with van der Waals surface area (Å²) in [5.41, 5.74) is 1.69. The van der Waals surface area contributed by atoms with Crippen LogP contribution in [0.2, 0.25) is 5.02 Å². The maximum atomic E-state index is 13.7. The van der Waals surface area contributed by atoms with Crippen LogP contribution in [0, 0.1) is 13.8 Å². The molecule has 0 radical (unpaired) electrons. The van der Waals surface area contributed by atoms with E-state index in [2.05, 4.69) is 9.97 Å². The Morgan fingerprint density at radius 2 is 1.91 bits per heavy atom. The van der Waals surface area contributed by atoms with Gasteiger partial charge in [-0.2, -0.15) is 0 Å². The molecule has 1 aliphatic rings. The van der Waals surface area contributed by atoms with Gasteiger partial charge in [-0.1, -0.05) is 41.1 Å². The number of Topliss-reactive ketones (excluding diaryl/α,β-unsaturated/α-hetero) is 1. The van der Waals surface area contributed by atoms with E-state index in [1.54, 1.807) is 57.4 Å². The van der Waals surface area contributed by atoms with Gasteiger partial charge in [0.2, 0.25) is 5.78 Å². The lowest BCUT2D eigenvalue weighted by Crippen LogP contribution is -2.31. The zero-order valence-electron chi connectivity index (χ0n) is 18.3. The van der Waals surface area contributed by atoms with Crippen molar-refractivity contribution in [2.24, 2.45) is 0 Å². The van der Waals surface area contributed by atoms with E-state index in [1.165, 1.54) is 27.6 Å². The number of halogens is 1. The Morgan fingerprint density at radius 1 is 1.15 bits per heavy atom. The van der Waals surface area contributed by atoms with Gasteiger partial charge in [-0.3, -0.25) is 14.5 Å². The minimum Gasteiger partial charge on any atom is -0.503 e. The van der Waals surface area contributed by atoms with Crippen LogP contribution in [0.1, 0.15) is 32.0 Å². The zero-order valence-corrected chi connectivity index (χ0v) is 20.7. The number of amides is 1. The van der Waals surface area contributed by atoms with Crippen LogP contribution >= 0.6 is 34.3 Å². The topological polar surface area (TPSA) is 92.6 Å². The van der Waals surface area contributed by atoms with Crippen molar-refractivity contribution >= 4 is 61.3 Å². The fourth-order valence-electron chi connectivity index (χ4n) is 4.01. The average Bonchev–Trinajstić information content (AvgIpc) is 3.46. The summed E-state index contributed by atoms with van der Waals surface area (Å²) >= 11 is 9.01. The number of carbonyl (C=O) groups excluding carboxylic acids is 2. The van der Waals surface area contributed by atoms with Gasteiger partial charge in [0, 0.05) is 5.02 Å². The zero-order chi connectivity index (χ0) is 24.1. The third kappa shape index (κ3) is 3.56. The molecule has 0 spiro atoms. The molecule has 0 aliphatic carbocycles. The van der Waals surface area contributed by atoms with Crippen molar-refractivity contribution < 1.29 is 19.4 Å². The van der Waals surface area contributed by atoms with Crippen LogP contribution in [-0.4, -0.2) is 33.9 Å². The number of thiazole rings is 2. The molecule has 2 aromatic heterocycles. The van der Waals surface area contributed by atoms with Gasteiger partial charge in [0.05, 0.1) is 44.5 Å². The summed E-state index contributed by atoms with van der Waals surface area (Å²) in [6.45, 7) is 3.53. The molecule has 1 atom stereocenters. The number of aryl methyl sites for hydroxylation is 2. The predicted octanol–water partition coefficient (Wildman–Crippen LogP) is 5.81. The van der Waals surface area contributed by atoms with Crippen LogP contribution in [0.25, 0.3) is 10.2 Å². The molecule has 4 aromatic rings. The number of aliphatic hydroxyl groups excluding tert-OH is 1. The molecule has 3 heterocycles. The first kappa shape index (κ1) is 22.5. The first-order chi connectivity index (χ1) is 16.3. The molecule has 7 nitrogen and oxygen atoms in total. The second kappa shape index (κ2) is 8.50. The van der Waals surface area contributed by atoms with Crippen molar-refractivity contribution in [1.82, 2.24) is 9.97 Å². The Labute approximate surface area is 207 Å². The van der Waals surface area contributed by atoms with Crippen molar-refractivity contribution in [2.45, 2.75) is 19.9 Å². The lowest BCUT2D eigenvalue weighted by molar-refractivity contribution is -0.117. The molecule has 2 aromatic carbocycles. The highest BCUT2D eigenvalue weighted by atomic mass is 35.5. The number of nitrogens with zero attached hydrogens (tertiary/aromatic N) is 3. The summed E-state index contributed by atoms with van der Waals surface area (Å²) in [6, 6.07) is 11.4. The predicted molar refractivity (Wildman–Crippen MR) is 133 cm³/mol. The Hall–Kier alpha value is -3.27. The lowest BCUT2D eigenvalue weighted by Gasteiger charge is -2.25. The second-order valence-electron chi connectivity index (χ2n) is 7.67. The first-order valence-corrected chi connectivity index (χ1v) is 12.3. The number of ketones is 1. The lowest BCUT2D eigenvalue weighted by atomic mass is 9.95. The van der Waals surface area contributed by atoms with E-state index in [0.717, 1.165) is 9.71 Å². The van der Waals surface area contributed by atoms with E-state index in [0.29, 0.717) is 37.6 Å². The molecule has 0 fully saturated rings. The SMILES string of the molecule is COc1ccc2nc(N3C(=O)C(O)=C(C(=O)c4sc(C)nc4C)C3c3ccccc3Cl)sc2c1. The van der Waals surface area contributed by atoms with Gasteiger partial charge in [-0.05, 0) is 43.7 Å². The second-order valence-corrected chi connectivity index (χ2v) is 10.3. The smallest absolute Gasteiger partial charge is 0.296 e. The standard InChI is InChI=1S/C24H18ClN3O4S2/c1-11-22(33-12(2)26-11)20(29)18-19(14-6-4-5-7-15(14)25)28(23(31)21(18)30)24-27-16-9-8-13(32-3)10-17(16)34-24/h4-10,19,30H,1-3H3. The number of rotatable bonds is 5. The molecule has 0 bridgehead atoms. The molecule has 172 valence electrons. The van der Waals surface area contributed by atoms with Crippen LogP contribution in [0.15, 0.2) is 53.8 Å². The third-order valence-electron chi connectivity index (χ3n) is 5.55. The normalized spacial score (nSPS) is 16.1. The van der Waals surface area contributed by atoms with Gasteiger partial charge in [-0.25, -0.2) is 9.97 Å². The summed E-state index contributed by atoms with van der Waals surface area (Å²) in [7, 11) is 1.57. The van der Waals surface area contributed by atoms with Crippen LogP contribution < -0.4 is 9.64 Å². The molecule has 34 heavy (non-hydrogen) atoms. The van der Waals surface area contributed by atoms with Gasteiger partial charge in [-0.15, -0.1) is 11.3 Å². The summed E-state index contributed by atoms with van der Waals surface area (Å²) in [4.78, 5) is 37.7. The van der Waals surface area contributed by atoms with Crippen LogP contribution in [0.4, 0.5) is 5.13 Å². The number of ether oxygens (including phenoxy) is 1. The molecule has 0 saturated heterocycles. The van der Waals surface area contributed by atoms with Crippen LogP contribution in [0.5, 0.6) is 5.75 Å².